The zero-order chi connectivity index (χ0) is 8.72. The zero-order valence-corrected chi connectivity index (χ0v) is 11.7. The maximum atomic E-state index is 10.7. The van der Waals surface area contributed by atoms with Crippen LogP contribution in [0.25, 0.3) is 0 Å². The number of carboxylic acids is 1. The summed E-state index contributed by atoms with van der Waals surface area (Å²) in [5, 5.41) is 9.68. The molecule has 0 radical (unpaired) electrons. The Labute approximate surface area is 115 Å². The second-order valence-electron chi connectivity index (χ2n) is 3.03. The number of hydrogen-bond acceptors (Lipinski definition) is 3. The topological polar surface area (TPSA) is 50.2 Å². The van der Waals surface area contributed by atoms with E-state index in [1.54, 1.807) is 0 Å². The molecule has 0 aromatic carbocycles. The van der Waals surface area contributed by atoms with Crippen molar-refractivity contribution < 1.29 is 51.9 Å². The van der Waals surface area contributed by atoms with Gasteiger partial charge in [-0.2, -0.15) is 0 Å². The van der Waals surface area contributed by atoms with Gasteiger partial charge in [-0.15, -0.1) is 11.3 Å². The third-order valence-corrected chi connectivity index (χ3v) is 2.89. The number of nitrogens with zero attached hydrogens (tertiary/aromatic N) is 1. The maximum Gasteiger partial charge on any atom is 1.00 e. The average Bonchev–Trinajstić information content (AvgIpc) is 2.75. The number of rotatable bonds is 2. The van der Waals surface area contributed by atoms with E-state index in [4.69, 9.17) is 5.11 Å². The summed E-state index contributed by atoms with van der Waals surface area (Å²) in [7, 11) is 0. The Morgan fingerprint density at radius 3 is 2.57 bits per heavy atom. The summed E-state index contributed by atoms with van der Waals surface area (Å²) >= 11 is 1.28. The molecule has 0 aliphatic heterocycles. The summed E-state index contributed by atoms with van der Waals surface area (Å²) in [6, 6.07) is 0. The first kappa shape index (κ1) is 14.4. The summed E-state index contributed by atoms with van der Waals surface area (Å²) in [6.45, 7) is 1.85. The van der Waals surface area contributed by atoms with Gasteiger partial charge in [-0.3, -0.25) is 0 Å². The molecule has 3 nitrogen and oxygen atoms in total. The van der Waals surface area contributed by atoms with Crippen molar-refractivity contribution in [3.63, 3.8) is 0 Å². The monoisotopic (exact) mass is 241 g/mol. The van der Waals surface area contributed by atoms with E-state index < -0.39 is 5.97 Å². The van der Waals surface area contributed by atoms with Crippen LogP contribution in [0.3, 0.4) is 0 Å². The number of carboxylic acid groups (broad SMARTS) is 1. The van der Waals surface area contributed by atoms with Gasteiger partial charge in [-0.1, -0.05) is 0 Å². The van der Waals surface area contributed by atoms with Gasteiger partial charge in [0.2, 0.25) is 0 Å². The minimum atomic E-state index is -0.831. The van der Waals surface area contributed by atoms with Gasteiger partial charge in [0.25, 0.3) is 0 Å². The predicted octanol–water partition coefficient (Wildman–Crippen LogP) is -3.96. The molecule has 6 heteroatoms. The van der Waals surface area contributed by atoms with Gasteiger partial charge in [-0.05, 0) is 19.8 Å². The Morgan fingerprint density at radius 1 is 1.57 bits per heavy atom. The fraction of sp³-hybridized carbons (Fsp3) is 0.500. The summed E-state index contributed by atoms with van der Waals surface area (Å²) < 4.78 is 0. The Bertz CT molecular complexity index is 338. The third-order valence-electron chi connectivity index (χ3n) is 1.92. The van der Waals surface area contributed by atoms with E-state index in [2.05, 4.69) is 4.98 Å². The van der Waals surface area contributed by atoms with Crippen molar-refractivity contribution in [2.24, 2.45) is 0 Å². The molecule has 1 aromatic rings. The van der Waals surface area contributed by atoms with E-state index in [0.29, 0.717) is 10.8 Å². The normalized spacial score (nSPS) is 14.1. The number of aromatic carboxylic acids is 1. The number of hydrogen-bond donors (Lipinski definition) is 1. The summed E-state index contributed by atoms with van der Waals surface area (Å²) in [5.41, 5.74) is 0.810. The molecular weight excluding hydrogens is 233 g/mol. The molecular formula is C8H9ClNNaO2S. The predicted molar refractivity (Wildman–Crippen MR) is 45.8 cm³/mol. The van der Waals surface area contributed by atoms with Crippen LogP contribution in [-0.4, -0.2) is 16.1 Å². The van der Waals surface area contributed by atoms with Crippen LogP contribution in [0.1, 0.15) is 39.1 Å². The van der Waals surface area contributed by atoms with Gasteiger partial charge in [0.15, 0.2) is 0 Å². The van der Waals surface area contributed by atoms with Crippen LogP contribution >= 0.6 is 11.3 Å². The van der Waals surface area contributed by atoms with Crippen molar-refractivity contribution in [3.8, 4) is 0 Å². The number of aryl methyl sites for hydroxylation is 1. The quantitative estimate of drug-likeness (QED) is 0.538. The van der Waals surface area contributed by atoms with Crippen molar-refractivity contribution in [1.29, 1.82) is 0 Å². The van der Waals surface area contributed by atoms with Crippen molar-refractivity contribution in [2.75, 3.05) is 0 Å². The van der Waals surface area contributed by atoms with Crippen LogP contribution in [0.2, 0.25) is 0 Å². The van der Waals surface area contributed by atoms with E-state index in [0.717, 1.165) is 23.5 Å². The van der Waals surface area contributed by atoms with E-state index >= 15 is 0 Å². The van der Waals surface area contributed by atoms with Crippen LogP contribution in [0.5, 0.6) is 0 Å². The number of halogens is 1. The second kappa shape index (κ2) is 5.47. The molecule has 1 aromatic heterocycles. The second-order valence-corrected chi connectivity index (χ2v) is 4.23. The first-order valence-corrected chi connectivity index (χ1v) is 4.70. The molecule has 1 fully saturated rings. The van der Waals surface area contributed by atoms with Gasteiger partial charge < -0.3 is 17.5 Å². The molecule has 2 rings (SSSR count). The molecule has 1 N–H and O–H groups in total. The van der Waals surface area contributed by atoms with Crippen molar-refractivity contribution >= 4 is 17.3 Å². The Kier molecular flexibility index (Phi) is 5.62. The molecule has 0 amide bonds. The summed E-state index contributed by atoms with van der Waals surface area (Å²) in [4.78, 5) is 15.4. The van der Waals surface area contributed by atoms with Crippen LogP contribution < -0.4 is 42.0 Å². The molecule has 0 unspecified atom stereocenters. The largest absolute Gasteiger partial charge is 1.00 e. The van der Waals surface area contributed by atoms with E-state index in [9.17, 15) is 4.79 Å². The van der Waals surface area contributed by atoms with Gasteiger partial charge >= 0.3 is 35.5 Å². The van der Waals surface area contributed by atoms with Crippen LogP contribution in [-0.2, 0) is 0 Å². The fourth-order valence-electron chi connectivity index (χ4n) is 1.23. The van der Waals surface area contributed by atoms with E-state index in [1.165, 1.54) is 11.3 Å². The van der Waals surface area contributed by atoms with Gasteiger partial charge in [-0.25, -0.2) is 9.78 Å². The molecule has 14 heavy (non-hydrogen) atoms. The van der Waals surface area contributed by atoms with E-state index in [1.807, 2.05) is 6.92 Å². The third kappa shape index (κ3) is 2.94. The first-order chi connectivity index (χ1) is 5.68. The molecule has 1 aliphatic carbocycles. The summed E-state index contributed by atoms with van der Waals surface area (Å²) in [6.07, 6.45) is 2.20. The first-order valence-electron chi connectivity index (χ1n) is 3.89. The average molecular weight is 242 g/mol. The Morgan fingerprint density at radius 2 is 2.14 bits per heavy atom. The van der Waals surface area contributed by atoms with Crippen LogP contribution in [0, 0.1) is 6.92 Å². The maximum absolute atomic E-state index is 10.7. The smallest absolute Gasteiger partial charge is 1.00 e. The molecule has 1 aliphatic rings. The van der Waals surface area contributed by atoms with Gasteiger partial charge in [0.1, 0.15) is 4.88 Å². The van der Waals surface area contributed by atoms with Gasteiger partial charge in [0, 0.05) is 5.92 Å². The SMILES string of the molecule is Cc1nc(C2CC2)c(C(=O)O)s1.[Cl-].[Na+]. The zero-order valence-electron chi connectivity index (χ0n) is 8.08. The molecule has 0 spiro atoms. The Hall–Kier alpha value is 0.390. The molecule has 1 saturated carbocycles. The minimum Gasteiger partial charge on any atom is -1.00 e. The van der Waals surface area contributed by atoms with Crippen LogP contribution in [0.15, 0.2) is 0 Å². The molecule has 0 bridgehead atoms. The van der Waals surface area contributed by atoms with Crippen molar-refractivity contribution in [1.82, 2.24) is 4.98 Å². The molecule has 0 saturated heterocycles. The van der Waals surface area contributed by atoms with Crippen molar-refractivity contribution in [2.45, 2.75) is 25.7 Å². The number of aromatic nitrogens is 1. The fourth-order valence-corrected chi connectivity index (χ4v) is 2.07. The van der Waals surface area contributed by atoms with Crippen molar-refractivity contribution in [3.05, 3.63) is 15.6 Å². The van der Waals surface area contributed by atoms with Crippen LogP contribution in [0.4, 0.5) is 0 Å². The Balaban J connectivity index is 0.000000845. The minimum absolute atomic E-state index is 0. The van der Waals surface area contributed by atoms with Gasteiger partial charge in [0.05, 0.1) is 10.7 Å². The molecule has 1 heterocycles. The standard InChI is InChI=1S/C8H9NO2S.ClH.Na/c1-4-9-6(5-2-3-5)7(12-4)8(10)11;;/h5H,2-3H2,1H3,(H,10,11);1H;/q;;+1/p-1. The van der Waals surface area contributed by atoms with E-state index in [-0.39, 0.29) is 42.0 Å². The summed E-state index contributed by atoms with van der Waals surface area (Å²) in [5.74, 6) is -0.399. The molecule has 0 atom stereocenters. The molecule has 72 valence electrons. The number of thiazole rings is 1. The number of carbonyl (C=O) groups is 1.